The lowest BCUT2D eigenvalue weighted by molar-refractivity contribution is -0.117. The Morgan fingerprint density at radius 2 is 2.19 bits per heavy atom. The summed E-state index contributed by atoms with van der Waals surface area (Å²) in [5.74, 6) is -0.885. The number of halogens is 2. The fraction of sp³-hybridized carbons (Fsp3) is 0.364. The molecule has 0 aliphatic heterocycles. The van der Waals surface area contributed by atoms with Crippen LogP contribution in [0.15, 0.2) is 18.2 Å². The highest BCUT2D eigenvalue weighted by atomic mass is 35.5. The van der Waals surface area contributed by atoms with Crippen molar-refractivity contribution in [1.29, 1.82) is 0 Å². The van der Waals surface area contributed by atoms with E-state index in [2.05, 4.69) is 5.32 Å². The normalized spacial score (nSPS) is 11.3. The van der Waals surface area contributed by atoms with Crippen LogP contribution in [-0.2, 0) is 4.79 Å². The van der Waals surface area contributed by atoms with Crippen LogP contribution in [0.5, 0.6) is 0 Å². The highest BCUT2D eigenvalue weighted by Crippen LogP contribution is 2.19. The molecule has 16 heavy (non-hydrogen) atoms. The van der Waals surface area contributed by atoms with E-state index in [9.17, 15) is 9.18 Å². The first-order valence-corrected chi connectivity index (χ1v) is 5.19. The van der Waals surface area contributed by atoms with Gasteiger partial charge in [-0.25, -0.2) is 4.39 Å². The number of carbonyl (C=O) groups excluding carboxylic acids is 1. The minimum absolute atomic E-state index is 0.110. The van der Waals surface area contributed by atoms with Gasteiger partial charge in [-0.1, -0.05) is 11.6 Å². The predicted molar refractivity (Wildman–Crippen MR) is 62.9 cm³/mol. The standard InChI is InChI=1S/C11H14ClFN2O/c1-11(2,14)6-10(16)15-9-4-3-7(12)5-8(9)13/h3-5H,6,14H2,1-2H3,(H,15,16). The van der Waals surface area contributed by atoms with Gasteiger partial charge < -0.3 is 11.1 Å². The van der Waals surface area contributed by atoms with Crippen LogP contribution in [0.1, 0.15) is 20.3 Å². The number of benzene rings is 1. The summed E-state index contributed by atoms with van der Waals surface area (Å²) in [6, 6.07) is 4.07. The summed E-state index contributed by atoms with van der Waals surface area (Å²) in [7, 11) is 0. The van der Waals surface area contributed by atoms with Crippen LogP contribution in [0.3, 0.4) is 0 Å². The second kappa shape index (κ2) is 4.80. The van der Waals surface area contributed by atoms with Gasteiger partial charge in [-0.15, -0.1) is 0 Å². The average molecular weight is 245 g/mol. The van der Waals surface area contributed by atoms with Crippen LogP contribution >= 0.6 is 11.6 Å². The predicted octanol–water partition coefficient (Wildman–Crippen LogP) is 2.54. The van der Waals surface area contributed by atoms with Gasteiger partial charge >= 0.3 is 0 Å². The van der Waals surface area contributed by atoms with Gasteiger partial charge in [-0.3, -0.25) is 4.79 Å². The lowest BCUT2D eigenvalue weighted by Gasteiger charge is -2.17. The summed E-state index contributed by atoms with van der Waals surface area (Å²) >= 11 is 5.59. The molecule has 0 saturated heterocycles. The quantitative estimate of drug-likeness (QED) is 0.859. The lowest BCUT2D eigenvalue weighted by Crippen LogP contribution is -2.36. The number of nitrogens with two attached hydrogens (primary N) is 1. The molecule has 1 aromatic carbocycles. The molecular formula is C11H14ClFN2O. The topological polar surface area (TPSA) is 55.1 Å². The van der Waals surface area contributed by atoms with Crippen LogP contribution in [0.25, 0.3) is 0 Å². The van der Waals surface area contributed by atoms with Crippen molar-refractivity contribution in [1.82, 2.24) is 0 Å². The Morgan fingerprint density at radius 1 is 1.56 bits per heavy atom. The minimum Gasteiger partial charge on any atom is -0.325 e. The van der Waals surface area contributed by atoms with Gasteiger partial charge in [0.05, 0.1) is 5.69 Å². The molecule has 3 N–H and O–H groups in total. The Bertz CT molecular complexity index is 401. The summed E-state index contributed by atoms with van der Waals surface area (Å²) in [4.78, 5) is 11.5. The summed E-state index contributed by atoms with van der Waals surface area (Å²) in [6.45, 7) is 3.45. The fourth-order valence-corrected chi connectivity index (χ4v) is 1.36. The third-order valence-corrected chi connectivity index (χ3v) is 2.06. The maximum Gasteiger partial charge on any atom is 0.226 e. The van der Waals surface area contributed by atoms with Crippen LogP contribution in [-0.4, -0.2) is 11.4 Å². The van der Waals surface area contributed by atoms with Crippen LogP contribution in [0.4, 0.5) is 10.1 Å². The van der Waals surface area contributed by atoms with E-state index in [4.69, 9.17) is 17.3 Å². The molecule has 88 valence electrons. The SMILES string of the molecule is CC(C)(N)CC(=O)Nc1ccc(Cl)cc1F. The third kappa shape index (κ3) is 4.16. The molecule has 0 bridgehead atoms. The van der Waals surface area contributed by atoms with Crippen LogP contribution in [0.2, 0.25) is 5.02 Å². The maximum absolute atomic E-state index is 13.3. The molecule has 0 fully saturated rings. The summed E-state index contributed by atoms with van der Waals surface area (Å²) < 4.78 is 13.3. The van der Waals surface area contributed by atoms with Gasteiger partial charge in [0, 0.05) is 17.0 Å². The largest absolute Gasteiger partial charge is 0.325 e. The van der Waals surface area contributed by atoms with E-state index in [1.165, 1.54) is 12.1 Å². The van der Waals surface area contributed by atoms with Crippen molar-refractivity contribution in [2.75, 3.05) is 5.32 Å². The number of hydrogen-bond donors (Lipinski definition) is 2. The zero-order valence-corrected chi connectivity index (χ0v) is 9.94. The molecule has 0 unspecified atom stereocenters. The first kappa shape index (κ1) is 12.9. The molecule has 1 aromatic rings. The first-order chi connectivity index (χ1) is 7.28. The zero-order valence-electron chi connectivity index (χ0n) is 9.18. The van der Waals surface area contributed by atoms with Gasteiger partial charge in [-0.05, 0) is 32.0 Å². The second-order valence-electron chi connectivity index (χ2n) is 4.34. The Hall–Kier alpha value is -1.13. The highest BCUT2D eigenvalue weighted by molar-refractivity contribution is 6.30. The fourth-order valence-electron chi connectivity index (χ4n) is 1.20. The smallest absolute Gasteiger partial charge is 0.226 e. The van der Waals surface area contributed by atoms with Crippen molar-refractivity contribution in [3.8, 4) is 0 Å². The molecule has 5 heteroatoms. The molecule has 1 rings (SSSR count). The molecule has 0 radical (unpaired) electrons. The molecule has 0 aliphatic rings. The van der Waals surface area contributed by atoms with Gasteiger partial charge in [0.2, 0.25) is 5.91 Å². The first-order valence-electron chi connectivity index (χ1n) is 4.82. The number of hydrogen-bond acceptors (Lipinski definition) is 2. The van der Waals surface area contributed by atoms with Gasteiger partial charge in [0.1, 0.15) is 5.82 Å². The second-order valence-corrected chi connectivity index (χ2v) is 4.77. The number of anilines is 1. The van der Waals surface area contributed by atoms with E-state index in [1.54, 1.807) is 13.8 Å². The Morgan fingerprint density at radius 3 is 2.69 bits per heavy atom. The van der Waals surface area contributed by atoms with Crippen molar-refractivity contribution in [2.45, 2.75) is 25.8 Å². The van der Waals surface area contributed by atoms with Crippen molar-refractivity contribution in [3.63, 3.8) is 0 Å². The summed E-state index contributed by atoms with van der Waals surface area (Å²) in [5.41, 5.74) is 5.17. The third-order valence-electron chi connectivity index (χ3n) is 1.82. The summed E-state index contributed by atoms with van der Waals surface area (Å²) in [5, 5.41) is 2.73. The van der Waals surface area contributed by atoms with Gasteiger partial charge in [0.15, 0.2) is 0 Å². The highest BCUT2D eigenvalue weighted by Gasteiger charge is 2.17. The minimum atomic E-state index is -0.618. The average Bonchev–Trinajstić information content (AvgIpc) is 2.06. The number of nitrogens with one attached hydrogen (secondary N) is 1. The number of carbonyl (C=O) groups is 1. The molecule has 0 heterocycles. The molecule has 0 atom stereocenters. The Balaban J connectivity index is 2.70. The molecular weight excluding hydrogens is 231 g/mol. The molecule has 1 amide bonds. The Kier molecular flexibility index (Phi) is 3.88. The Labute approximate surface area is 98.8 Å². The van der Waals surface area contributed by atoms with E-state index in [0.717, 1.165) is 6.07 Å². The van der Waals surface area contributed by atoms with E-state index in [-0.39, 0.29) is 23.0 Å². The molecule has 0 aromatic heterocycles. The lowest BCUT2D eigenvalue weighted by atomic mass is 10.0. The van der Waals surface area contributed by atoms with Crippen molar-refractivity contribution in [2.24, 2.45) is 5.73 Å². The molecule has 0 aliphatic carbocycles. The van der Waals surface area contributed by atoms with Crippen molar-refractivity contribution >= 4 is 23.2 Å². The number of rotatable bonds is 3. The molecule has 0 spiro atoms. The van der Waals surface area contributed by atoms with E-state index >= 15 is 0 Å². The van der Waals surface area contributed by atoms with Crippen molar-refractivity contribution < 1.29 is 9.18 Å². The number of amides is 1. The van der Waals surface area contributed by atoms with Crippen LogP contribution < -0.4 is 11.1 Å². The summed E-state index contributed by atoms with van der Waals surface area (Å²) in [6.07, 6.45) is 0.120. The van der Waals surface area contributed by atoms with Crippen molar-refractivity contribution in [3.05, 3.63) is 29.0 Å². The van der Waals surface area contributed by atoms with E-state index < -0.39 is 11.4 Å². The van der Waals surface area contributed by atoms with Gasteiger partial charge in [-0.2, -0.15) is 0 Å². The molecule has 3 nitrogen and oxygen atoms in total. The zero-order chi connectivity index (χ0) is 12.3. The molecule has 0 saturated carbocycles. The van der Waals surface area contributed by atoms with Crippen LogP contribution in [0, 0.1) is 5.82 Å². The van der Waals surface area contributed by atoms with E-state index in [1.807, 2.05) is 0 Å². The van der Waals surface area contributed by atoms with Gasteiger partial charge in [0.25, 0.3) is 0 Å². The monoisotopic (exact) mass is 244 g/mol. The maximum atomic E-state index is 13.3. The van der Waals surface area contributed by atoms with E-state index in [0.29, 0.717) is 0 Å².